The van der Waals surface area contributed by atoms with Gasteiger partial charge in [0.1, 0.15) is 8.32 Å². The van der Waals surface area contributed by atoms with Gasteiger partial charge in [0.05, 0.1) is 5.95 Å². The van der Waals surface area contributed by atoms with E-state index in [1.807, 2.05) is 39.3 Å². The Bertz CT molecular complexity index is 266. The van der Waals surface area contributed by atoms with Gasteiger partial charge in [0.15, 0.2) is 0 Å². The van der Waals surface area contributed by atoms with Crippen molar-refractivity contribution in [2.24, 2.45) is 0 Å². The van der Waals surface area contributed by atoms with Crippen molar-refractivity contribution in [1.82, 2.24) is 0 Å². The van der Waals surface area contributed by atoms with Crippen LogP contribution in [0.2, 0.25) is 39.3 Å². The Balaban J connectivity index is 0. The minimum absolute atomic E-state index is 0. The van der Waals surface area contributed by atoms with Crippen LogP contribution in [0.5, 0.6) is 0 Å². The van der Waals surface area contributed by atoms with Crippen LogP contribution < -0.4 is 56.5 Å². The number of rotatable bonds is 4. The first-order chi connectivity index (χ1) is 6.49. The molecule has 0 aromatic rings. The van der Waals surface area contributed by atoms with E-state index in [4.69, 9.17) is 8.85 Å². The van der Waals surface area contributed by atoms with Crippen molar-refractivity contribution in [2.45, 2.75) is 39.3 Å². The molecule has 0 aliphatic carbocycles. The minimum atomic E-state index is -1.92. The second kappa shape index (κ2) is 7.34. The van der Waals surface area contributed by atoms with Crippen LogP contribution in [0, 0.1) is 0 Å². The predicted octanol–water partition coefficient (Wildman–Crippen LogP) is -1.58. The van der Waals surface area contributed by atoms with Gasteiger partial charge in [-0.3, -0.25) is 0 Å². The summed E-state index contributed by atoms with van der Waals surface area (Å²) in [7, 11) is -3.85. The van der Waals surface area contributed by atoms with E-state index in [0.717, 1.165) is 6.08 Å². The standard InChI is InChI=1S/C9H20O4Si2.K/c1-14(2,3)12-8(10)7-9(11)13-15(4,5)6;/h7,10H,1-6H3;/q;+1/p-1. The van der Waals surface area contributed by atoms with Crippen LogP contribution in [-0.2, 0) is 13.6 Å². The molecule has 0 aromatic heterocycles. The van der Waals surface area contributed by atoms with Crippen molar-refractivity contribution in [1.29, 1.82) is 0 Å². The van der Waals surface area contributed by atoms with Crippen LogP contribution in [0.15, 0.2) is 12.0 Å². The predicted molar refractivity (Wildman–Crippen MR) is 62.0 cm³/mol. The summed E-state index contributed by atoms with van der Waals surface area (Å²) in [4.78, 5) is 11.2. The van der Waals surface area contributed by atoms with Crippen LogP contribution >= 0.6 is 0 Å². The molecule has 7 heteroatoms. The second-order valence-electron chi connectivity index (χ2n) is 5.21. The monoisotopic (exact) mass is 286 g/mol. The van der Waals surface area contributed by atoms with Gasteiger partial charge in [-0.1, -0.05) is 19.6 Å². The minimum Gasteiger partial charge on any atom is -0.634 e. The van der Waals surface area contributed by atoms with Crippen LogP contribution in [0.25, 0.3) is 0 Å². The zero-order valence-electron chi connectivity index (χ0n) is 11.2. The Morgan fingerprint density at radius 3 is 1.69 bits per heavy atom. The number of carbonyl (C=O) groups excluding carboxylic acids is 1. The third-order valence-corrected chi connectivity index (χ3v) is 2.68. The SMILES string of the molecule is C[Si](C)(C)OC(=O)C=C([O-])O[Si](C)(C)C.[K+]. The number of hydrogen-bond acceptors (Lipinski definition) is 4. The molecule has 0 atom stereocenters. The summed E-state index contributed by atoms with van der Waals surface area (Å²) in [6.45, 7) is 11.3. The molecule has 0 aliphatic rings. The molecule has 0 spiro atoms. The summed E-state index contributed by atoms with van der Waals surface area (Å²) in [6, 6.07) is 0. The molecule has 0 unspecified atom stereocenters. The van der Waals surface area contributed by atoms with Crippen molar-refractivity contribution >= 4 is 22.6 Å². The van der Waals surface area contributed by atoms with E-state index in [2.05, 4.69) is 0 Å². The molecule has 0 fully saturated rings. The molecule has 0 N–H and O–H groups in total. The van der Waals surface area contributed by atoms with Gasteiger partial charge in [-0.2, -0.15) is 0 Å². The zero-order valence-corrected chi connectivity index (χ0v) is 16.3. The van der Waals surface area contributed by atoms with Crippen LogP contribution in [-0.4, -0.2) is 22.6 Å². The van der Waals surface area contributed by atoms with Gasteiger partial charge in [-0.15, -0.1) is 0 Å². The van der Waals surface area contributed by atoms with Gasteiger partial charge in [0.25, 0.3) is 0 Å². The molecule has 0 amide bonds. The summed E-state index contributed by atoms with van der Waals surface area (Å²) < 4.78 is 10.2. The molecule has 4 nitrogen and oxygen atoms in total. The fraction of sp³-hybridized carbons (Fsp3) is 0.667. The Labute approximate surface area is 142 Å². The molecule has 16 heavy (non-hydrogen) atoms. The molecular formula is C9H19KO4Si2. The van der Waals surface area contributed by atoms with Gasteiger partial charge in [-0.05, 0) is 19.6 Å². The van der Waals surface area contributed by atoms with Crippen LogP contribution in [0.3, 0.4) is 0 Å². The molecular weight excluding hydrogens is 267 g/mol. The summed E-state index contributed by atoms with van der Waals surface area (Å²) in [6.07, 6.45) is 0.885. The largest absolute Gasteiger partial charge is 1.00 e. The van der Waals surface area contributed by atoms with E-state index >= 15 is 0 Å². The fourth-order valence-electron chi connectivity index (χ4n) is 0.759. The third kappa shape index (κ3) is 12.9. The molecule has 0 radical (unpaired) electrons. The van der Waals surface area contributed by atoms with Crippen molar-refractivity contribution < 1.29 is 70.1 Å². The number of carbonyl (C=O) groups is 1. The van der Waals surface area contributed by atoms with Gasteiger partial charge in [0.2, 0.25) is 8.32 Å². The van der Waals surface area contributed by atoms with E-state index in [1.54, 1.807) is 0 Å². The maximum atomic E-state index is 11.2. The molecule has 0 saturated heterocycles. The summed E-state index contributed by atoms with van der Waals surface area (Å²) in [5.41, 5.74) is 0. The van der Waals surface area contributed by atoms with E-state index in [9.17, 15) is 9.90 Å². The van der Waals surface area contributed by atoms with E-state index in [1.165, 1.54) is 0 Å². The average Bonchev–Trinajstić information content (AvgIpc) is 1.73. The van der Waals surface area contributed by atoms with E-state index in [0.29, 0.717) is 0 Å². The normalized spacial score (nSPS) is 12.8. The maximum absolute atomic E-state index is 11.2. The van der Waals surface area contributed by atoms with Gasteiger partial charge >= 0.3 is 57.4 Å². The van der Waals surface area contributed by atoms with Crippen LogP contribution in [0.4, 0.5) is 0 Å². The van der Waals surface area contributed by atoms with Crippen LogP contribution in [0.1, 0.15) is 0 Å². The van der Waals surface area contributed by atoms with Crippen molar-refractivity contribution in [3.8, 4) is 0 Å². The molecule has 88 valence electrons. The fourth-order valence-corrected chi connectivity index (χ4v) is 2.08. The maximum Gasteiger partial charge on any atom is 1.00 e. The van der Waals surface area contributed by atoms with E-state index < -0.39 is 28.5 Å². The Hall–Kier alpha value is 0.880. The average molecular weight is 287 g/mol. The topological polar surface area (TPSA) is 58.6 Å². The van der Waals surface area contributed by atoms with Gasteiger partial charge < -0.3 is 14.0 Å². The molecule has 0 aliphatic heterocycles. The van der Waals surface area contributed by atoms with Crippen molar-refractivity contribution in [3.63, 3.8) is 0 Å². The molecule has 0 aromatic carbocycles. The number of hydrogen-bond donors (Lipinski definition) is 0. The summed E-state index contributed by atoms with van der Waals surface area (Å²) >= 11 is 0. The molecule has 0 bridgehead atoms. The Kier molecular flexibility index (Phi) is 8.83. The van der Waals surface area contributed by atoms with Gasteiger partial charge in [-0.25, -0.2) is 4.79 Å². The smallest absolute Gasteiger partial charge is 0.634 e. The molecule has 0 saturated carbocycles. The van der Waals surface area contributed by atoms with Crippen molar-refractivity contribution in [2.75, 3.05) is 0 Å². The molecule has 0 heterocycles. The Morgan fingerprint density at radius 1 is 1.00 bits per heavy atom. The third-order valence-electron chi connectivity index (χ3n) is 1.05. The van der Waals surface area contributed by atoms with Gasteiger partial charge in [0, 0.05) is 6.08 Å². The van der Waals surface area contributed by atoms with E-state index in [-0.39, 0.29) is 51.4 Å². The molecule has 0 rings (SSSR count). The zero-order chi connectivity index (χ0) is 12.3. The Morgan fingerprint density at radius 2 is 1.38 bits per heavy atom. The summed E-state index contributed by atoms with van der Waals surface area (Å²) in [5.74, 6) is -1.20. The first kappa shape index (κ1) is 19.2. The quantitative estimate of drug-likeness (QED) is 0.356. The first-order valence-electron chi connectivity index (χ1n) is 4.80. The first-order valence-corrected chi connectivity index (χ1v) is 11.6. The second-order valence-corrected chi connectivity index (χ2v) is 14.1. The van der Waals surface area contributed by atoms with Crippen molar-refractivity contribution in [3.05, 3.63) is 12.0 Å². The summed E-state index contributed by atoms with van der Waals surface area (Å²) in [5, 5.41) is 11.2.